The Hall–Kier alpha value is -3.22. The van der Waals surface area contributed by atoms with Crippen molar-refractivity contribution < 1.29 is 14.4 Å². The van der Waals surface area contributed by atoms with E-state index in [9.17, 15) is 14.4 Å². The molecule has 0 unspecified atom stereocenters. The number of carbonyl (C=O) groups is 3. The maximum absolute atomic E-state index is 12.3. The van der Waals surface area contributed by atoms with E-state index in [4.69, 9.17) is 0 Å². The second kappa shape index (κ2) is 8.93. The molecule has 1 aromatic carbocycles. The number of nitrogens with zero attached hydrogens (tertiary/aromatic N) is 2. The van der Waals surface area contributed by atoms with Crippen LogP contribution < -0.4 is 15.5 Å². The van der Waals surface area contributed by atoms with Gasteiger partial charge in [-0.15, -0.1) is 0 Å². The van der Waals surface area contributed by atoms with Gasteiger partial charge in [-0.25, -0.2) is 0 Å². The topological polar surface area (TPSA) is 91.4 Å². The van der Waals surface area contributed by atoms with Gasteiger partial charge in [0, 0.05) is 50.6 Å². The average Bonchev–Trinajstić information content (AvgIpc) is 3.09. The Bertz CT molecular complexity index is 795. The summed E-state index contributed by atoms with van der Waals surface area (Å²) < 4.78 is 0. The van der Waals surface area contributed by atoms with Gasteiger partial charge in [0.2, 0.25) is 17.7 Å². The number of aromatic nitrogens is 1. The molecule has 0 radical (unpaired) electrons. The van der Waals surface area contributed by atoms with Crippen LogP contribution in [-0.4, -0.2) is 35.8 Å². The van der Waals surface area contributed by atoms with Crippen LogP contribution in [0.25, 0.3) is 0 Å². The van der Waals surface area contributed by atoms with Crippen molar-refractivity contribution in [1.29, 1.82) is 0 Å². The second-order valence-corrected chi connectivity index (χ2v) is 6.42. The van der Waals surface area contributed by atoms with Crippen molar-refractivity contribution in [2.45, 2.75) is 19.4 Å². The number of carbonyl (C=O) groups excluding carboxylic acids is 3. The molecule has 1 aromatic heterocycles. The van der Waals surface area contributed by atoms with Gasteiger partial charge in [0.25, 0.3) is 0 Å². The van der Waals surface area contributed by atoms with Crippen LogP contribution in [0, 0.1) is 5.92 Å². The third-order valence-corrected chi connectivity index (χ3v) is 4.43. The van der Waals surface area contributed by atoms with Crippen molar-refractivity contribution in [2.24, 2.45) is 5.92 Å². The van der Waals surface area contributed by atoms with Crippen molar-refractivity contribution in [1.82, 2.24) is 15.6 Å². The van der Waals surface area contributed by atoms with Crippen molar-refractivity contribution >= 4 is 23.4 Å². The highest BCUT2D eigenvalue weighted by Crippen LogP contribution is 2.24. The molecule has 27 heavy (non-hydrogen) atoms. The van der Waals surface area contributed by atoms with Crippen LogP contribution in [-0.2, 0) is 20.9 Å². The molecule has 1 saturated heterocycles. The van der Waals surface area contributed by atoms with E-state index in [-0.39, 0.29) is 37.1 Å². The van der Waals surface area contributed by atoms with E-state index in [2.05, 4.69) is 15.6 Å². The summed E-state index contributed by atoms with van der Waals surface area (Å²) in [5, 5.41) is 5.54. The number of amides is 3. The van der Waals surface area contributed by atoms with Gasteiger partial charge in [0.1, 0.15) is 0 Å². The molecule has 1 aliphatic rings. The fourth-order valence-electron chi connectivity index (χ4n) is 2.98. The second-order valence-electron chi connectivity index (χ2n) is 6.42. The Morgan fingerprint density at radius 3 is 2.67 bits per heavy atom. The molecule has 0 spiro atoms. The van der Waals surface area contributed by atoms with Crippen LogP contribution in [0.2, 0.25) is 0 Å². The summed E-state index contributed by atoms with van der Waals surface area (Å²) in [6, 6.07) is 13.0. The number of rotatable bonds is 7. The third-order valence-electron chi connectivity index (χ3n) is 4.43. The molecule has 7 nitrogen and oxygen atoms in total. The smallest absolute Gasteiger partial charge is 0.227 e. The van der Waals surface area contributed by atoms with E-state index in [1.54, 1.807) is 17.3 Å². The zero-order chi connectivity index (χ0) is 19.1. The van der Waals surface area contributed by atoms with Crippen molar-refractivity contribution in [2.75, 3.05) is 18.0 Å². The summed E-state index contributed by atoms with van der Waals surface area (Å²) in [6.07, 6.45) is 3.74. The van der Waals surface area contributed by atoms with Crippen LogP contribution >= 0.6 is 0 Å². The number of para-hydroxylation sites is 1. The Morgan fingerprint density at radius 2 is 1.93 bits per heavy atom. The summed E-state index contributed by atoms with van der Waals surface area (Å²) in [7, 11) is 0. The fourth-order valence-corrected chi connectivity index (χ4v) is 2.98. The van der Waals surface area contributed by atoms with Crippen molar-refractivity contribution in [3.05, 3.63) is 60.4 Å². The highest BCUT2D eigenvalue weighted by atomic mass is 16.2. The molecule has 7 heteroatoms. The zero-order valence-electron chi connectivity index (χ0n) is 14.9. The van der Waals surface area contributed by atoms with E-state index >= 15 is 0 Å². The Kier molecular flexibility index (Phi) is 6.14. The number of benzene rings is 1. The van der Waals surface area contributed by atoms with Gasteiger partial charge >= 0.3 is 0 Å². The Labute approximate surface area is 157 Å². The lowest BCUT2D eigenvalue weighted by Gasteiger charge is -2.16. The number of pyridine rings is 1. The van der Waals surface area contributed by atoms with E-state index in [0.29, 0.717) is 13.1 Å². The van der Waals surface area contributed by atoms with Crippen LogP contribution in [0.3, 0.4) is 0 Å². The van der Waals surface area contributed by atoms with Gasteiger partial charge < -0.3 is 15.5 Å². The summed E-state index contributed by atoms with van der Waals surface area (Å²) >= 11 is 0. The van der Waals surface area contributed by atoms with Crippen LogP contribution in [0.15, 0.2) is 54.9 Å². The summed E-state index contributed by atoms with van der Waals surface area (Å²) in [4.78, 5) is 41.9. The zero-order valence-corrected chi connectivity index (χ0v) is 14.9. The molecule has 2 N–H and O–H groups in total. The molecule has 2 aromatic rings. The predicted molar refractivity (Wildman–Crippen MR) is 101 cm³/mol. The monoisotopic (exact) mass is 366 g/mol. The molecule has 1 aliphatic heterocycles. The first-order valence-electron chi connectivity index (χ1n) is 8.92. The number of hydrogen-bond acceptors (Lipinski definition) is 4. The lowest BCUT2D eigenvalue weighted by Crippen LogP contribution is -2.35. The highest BCUT2D eigenvalue weighted by molar-refractivity contribution is 6.00. The largest absolute Gasteiger partial charge is 0.355 e. The number of nitrogens with one attached hydrogen (secondary N) is 2. The van der Waals surface area contributed by atoms with Gasteiger partial charge in [-0.05, 0) is 23.8 Å². The van der Waals surface area contributed by atoms with Crippen molar-refractivity contribution in [3.8, 4) is 0 Å². The van der Waals surface area contributed by atoms with Crippen LogP contribution in [0.4, 0.5) is 5.69 Å². The Morgan fingerprint density at radius 1 is 1.11 bits per heavy atom. The molecule has 3 amide bonds. The minimum atomic E-state index is -0.392. The Balaban J connectivity index is 1.39. The fraction of sp³-hybridized carbons (Fsp3) is 0.300. The first-order valence-corrected chi connectivity index (χ1v) is 8.92. The molecule has 0 saturated carbocycles. The van der Waals surface area contributed by atoms with Gasteiger partial charge in [0.15, 0.2) is 0 Å². The minimum absolute atomic E-state index is 0.0597. The van der Waals surface area contributed by atoms with Gasteiger partial charge in [0.05, 0.1) is 5.92 Å². The molecular formula is C20H22N4O3. The van der Waals surface area contributed by atoms with Crippen molar-refractivity contribution in [3.63, 3.8) is 0 Å². The van der Waals surface area contributed by atoms with E-state index in [1.165, 1.54) is 0 Å². The molecule has 140 valence electrons. The van der Waals surface area contributed by atoms with Crippen LogP contribution in [0.5, 0.6) is 0 Å². The third kappa shape index (κ3) is 5.13. The molecule has 0 bridgehead atoms. The quantitative estimate of drug-likeness (QED) is 0.772. The molecule has 1 fully saturated rings. The minimum Gasteiger partial charge on any atom is -0.355 e. The summed E-state index contributed by atoms with van der Waals surface area (Å²) in [6.45, 7) is 1.01. The predicted octanol–water partition coefficient (Wildman–Crippen LogP) is 1.26. The molecule has 2 heterocycles. The number of anilines is 1. The van der Waals surface area contributed by atoms with E-state index in [1.807, 2.05) is 42.5 Å². The molecule has 1 atom stereocenters. The first kappa shape index (κ1) is 18.6. The first-order chi connectivity index (χ1) is 13.1. The summed E-state index contributed by atoms with van der Waals surface area (Å²) in [5.41, 5.74) is 1.72. The maximum Gasteiger partial charge on any atom is 0.227 e. The normalized spacial score (nSPS) is 16.2. The maximum atomic E-state index is 12.3. The van der Waals surface area contributed by atoms with Crippen LogP contribution in [0.1, 0.15) is 18.4 Å². The van der Waals surface area contributed by atoms with E-state index in [0.717, 1.165) is 11.3 Å². The standard InChI is InChI=1S/C20H22N4O3/c25-18(23-13-15-5-4-9-21-12-15)8-10-22-20(27)16-11-19(26)24(14-16)17-6-2-1-3-7-17/h1-7,9,12,16H,8,10-11,13-14H2,(H,22,27)(H,23,25)/t16-/m0/s1. The number of hydrogen-bond donors (Lipinski definition) is 2. The molecular weight excluding hydrogens is 344 g/mol. The van der Waals surface area contributed by atoms with Gasteiger partial charge in [-0.3, -0.25) is 19.4 Å². The SMILES string of the molecule is O=C(CCNC(=O)[C@H]1CC(=O)N(c2ccccc2)C1)NCc1cccnc1. The lowest BCUT2D eigenvalue weighted by atomic mass is 10.1. The van der Waals surface area contributed by atoms with Gasteiger partial charge in [-0.2, -0.15) is 0 Å². The van der Waals surface area contributed by atoms with Gasteiger partial charge in [-0.1, -0.05) is 24.3 Å². The van der Waals surface area contributed by atoms with E-state index < -0.39 is 5.92 Å². The lowest BCUT2D eigenvalue weighted by molar-refractivity contribution is -0.126. The average molecular weight is 366 g/mol. The highest BCUT2D eigenvalue weighted by Gasteiger charge is 2.34. The summed E-state index contributed by atoms with van der Waals surface area (Å²) in [5.74, 6) is -0.791. The molecule has 0 aliphatic carbocycles. The molecule has 3 rings (SSSR count).